The Hall–Kier alpha value is -3.17. The molecule has 39 heavy (non-hydrogen) atoms. The maximum atomic E-state index is 13.0. The van der Waals surface area contributed by atoms with Gasteiger partial charge in [0, 0.05) is 17.1 Å². The maximum Gasteiger partial charge on any atom is 0.357 e. The summed E-state index contributed by atoms with van der Waals surface area (Å²) in [5, 5.41) is 10.3. The minimum atomic E-state index is -0.941. The van der Waals surface area contributed by atoms with Crippen molar-refractivity contribution in [1.29, 1.82) is 0 Å². The number of aromatic nitrogens is 1. The summed E-state index contributed by atoms with van der Waals surface area (Å²) in [5.74, 6) is -2.71. The van der Waals surface area contributed by atoms with Crippen molar-refractivity contribution in [3.8, 4) is 0 Å². The highest BCUT2D eigenvalue weighted by Gasteiger charge is 2.53. The lowest BCUT2D eigenvalue weighted by Crippen LogP contribution is -2.70. The van der Waals surface area contributed by atoms with Crippen LogP contribution >= 0.6 is 35.5 Å². The molecule has 0 spiro atoms. The minimum absolute atomic E-state index is 0. The molecule has 0 aromatic carbocycles. The lowest BCUT2D eigenvalue weighted by Gasteiger charge is -2.48. The molecule has 2 N–H and O–H groups in total. The number of esters is 2. The van der Waals surface area contributed by atoms with Crippen LogP contribution in [0.25, 0.3) is 0 Å². The molecule has 1 aromatic heterocycles. The van der Waals surface area contributed by atoms with Gasteiger partial charge in [-0.3, -0.25) is 24.1 Å². The number of nitrogens with one attached hydrogen (secondary N) is 2. The van der Waals surface area contributed by atoms with E-state index in [0.717, 1.165) is 11.3 Å². The number of β-lactam (4-membered cyclic amide) rings is 1. The van der Waals surface area contributed by atoms with Gasteiger partial charge in [-0.2, -0.15) is 0 Å². The van der Waals surface area contributed by atoms with Crippen molar-refractivity contribution in [1.82, 2.24) is 15.2 Å². The Morgan fingerprint density at radius 1 is 1.23 bits per heavy atom. The third-order valence-electron chi connectivity index (χ3n) is 5.23. The predicted molar refractivity (Wildman–Crippen MR) is 146 cm³/mol. The van der Waals surface area contributed by atoms with E-state index >= 15 is 0 Å². The number of fused-ring (bicyclic) bond motifs is 1. The number of ether oxygens (including phenoxy) is 2. The van der Waals surface area contributed by atoms with Gasteiger partial charge < -0.3 is 24.9 Å². The number of thioether (sulfide) groups is 1. The first-order chi connectivity index (χ1) is 17.8. The van der Waals surface area contributed by atoms with Crippen LogP contribution < -0.4 is 10.6 Å². The molecule has 2 aliphatic heterocycles. The highest BCUT2D eigenvalue weighted by Crippen LogP contribution is 2.38. The van der Waals surface area contributed by atoms with Crippen molar-refractivity contribution in [3.63, 3.8) is 0 Å². The lowest BCUT2D eigenvalue weighted by molar-refractivity contribution is -0.173. The Morgan fingerprint density at radius 2 is 1.92 bits per heavy atom. The second kappa shape index (κ2) is 13.3. The maximum absolute atomic E-state index is 13.0. The molecule has 0 unspecified atom stereocenters. The van der Waals surface area contributed by atoms with Crippen molar-refractivity contribution < 1.29 is 38.3 Å². The van der Waals surface area contributed by atoms with E-state index in [9.17, 15) is 24.0 Å². The van der Waals surface area contributed by atoms with Gasteiger partial charge in [0.25, 0.3) is 11.8 Å². The van der Waals surface area contributed by atoms with Crippen LogP contribution in [0.4, 0.5) is 5.13 Å². The Labute approximate surface area is 239 Å². The molecule has 13 nitrogen and oxygen atoms in total. The van der Waals surface area contributed by atoms with Crippen LogP contribution in [-0.2, 0) is 38.3 Å². The second-order valence-electron chi connectivity index (χ2n) is 9.51. The van der Waals surface area contributed by atoms with Crippen LogP contribution in [-0.4, -0.2) is 76.3 Å². The van der Waals surface area contributed by atoms with Gasteiger partial charge in [-0.15, -0.1) is 35.5 Å². The molecular weight excluding hydrogens is 574 g/mol. The van der Waals surface area contributed by atoms with E-state index < -0.39 is 47.4 Å². The number of halogens is 1. The molecule has 3 amide bonds. The number of rotatable bonds is 9. The van der Waals surface area contributed by atoms with Crippen LogP contribution in [0.5, 0.6) is 0 Å². The minimum Gasteiger partial charge on any atom is -0.427 e. The topological polar surface area (TPSA) is 166 Å². The summed E-state index contributed by atoms with van der Waals surface area (Å²) in [6, 6.07) is -0.941. The highest BCUT2D eigenvalue weighted by molar-refractivity contribution is 8.00. The summed E-state index contributed by atoms with van der Waals surface area (Å²) in [7, 11) is 1.26. The van der Waals surface area contributed by atoms with Crippen molar-refractivity contribution in [2.75, 3.05) is 25.0 Å². The van der Waals surface area contributed by atoms with Gasteiger partial charge in [-0.25, -0.2) is 9.78 Å². The summed E-state index contributed by atoms with van der Waals surface area (Å²) < 4.78 is 9.97. The van der Waals surface area contributed by atoms with E-state index in [-0.39, 0.29) is 46.5 Å². The summed E-state index contributed by atoms with van der Waals surface area (Å²) in [5.41, 5.74) is -0.782. The van der Waals surface area contributed by atoms with Crippen LogP contribution in [0, 0.1) is 11.3 Å². The first-order valence-electron chi connectivity index (χ1n) is 11.5. The lowest BCUT2D eigenvalue weighted by atomic mass is 9.98. The molecule has 1 fully saturated rings. The average molecular weight is 604 g/mol. The molecule has 3 heterocycles. The second-order valence-corrected chi connectivity index (χ2v) is 11.5. The summed E-state index contributed by atoms with van der Waals surface area (Å²) >= 11 is 2.45. The number of nitrogens with zero attached hydrogens (tertiary/aromatic N) is 3. The predicted octanol–water partition coefficient (Wildman–Crippen LogP) is 1.88. The van der Waals surface area contributed by atoms with Gasteiger partial charge in [0.15, 0.2) is 10.8 Å². The first kappa shape index (κ1) is 32.0. The van der Waals surface area contributed by atoms with E-state index in [4.69, 9.17) is 14.3 Å². The smallest absolute Gasteiger partial charge is 0.357 e. The molecular formula is C23H30ClN5O8S2. The van der Waals surface area contributed by atoms with Crippen LogP contribution in [0.3, 0.4) is 0 Å². The Balaban J connectivity index is 0.00000533. The number of hydrogen-bond donors (Lipinski definition) is 2. The summed E-state index contributed by atoms with van der Waals surface area (Å²) in [4.78, 5) is 72.5. The van der Waals surface area contributed by atoms with Crippen molar-refractivity contribution in [2.24, 2.45) is 16.5 Å². The van der Waals surface area contributed by atoms with Gasteiger partial charge in [0.05, 0.1) is 5.41 Å². The summed E-state index contributed by atoms with van der Waals surface area (Å²) in [6.07, 6.45) is 1.53. The normalized spacial score (nSPS) is 18.6. The molecule has 16 heteroatoms. The first-order valence-corrected chi connectivity index (χ1v) is 13.5. The number of amides is 3. The molecule has 2 aliphatic rings. The molecule has 0 aliphatic carbocycles. The zero-order valence-corrected chi connectivity index (χ0v) is 24.6. The average Bonchev–Trinajstić information content (AvgIpc) is 3.31. The van der Waals surface area contributed by atoms with Gasteiger partial charge in [-0.05, 0) is 26.8 Å². The number of carbonyl (C=O) groups excluding carboxylic acids is 5. The van der Waals surface area contributed by atoms with E-state index in [1.54, 1.807) is 34.6 Å². The van der Waals surface area contributed by atoms with Crippen molar-refractivity contribution >= 4 is 76.0 Å². The fourth-order valence-corrected chi connectivity index (χ4v) is 5.04. The Bertz CT molecular complexity index is 1190. The largest absolute Gasteiger partial charge is 0.427 e. The van der Waals surface area contributed by atoms with E-state index in [1.165, 1.54) is 35.2 Å². The molecule has 1 saturated heterocycles. The molecule has 0 radical (unpaired) electrons. The van der Waals surface area contributed by atoms with E-state index in [2.05, 4.69) is 20.8 Å². The molecule has 0 bridgehead atoms. The van der Waals surface area contributed by atoms with Crippen molar-refractivity contribution in [3.05, 3.63) is 22.8 Å². The molecule has 3 rings (SSSR count). The zero-order valence-electron chi connectivity index (χ0n) is 22.1. The number of anilines is 1. The zero-order chi connectivity index (χ0) is 28.2. The SMILES string of the molecule is CO/N=C(/C(=O)N[C@@H]1C(=O)N2C(C(=O)OCOC(=O)C(C)(C)C)=CCS[C@H]12)c1csc(NC(=O)C(C)C)n1.Cl. The number of hydrogen-bond acceptors (Lipinski definition) is 12. The third kappa shape index (κ3) is 7.48. The standard InChI is InChI=1S/C23H29N5O8S2.ClH/c1-11(2)16(29)26-22-24-12(9-38-22)14(27-34-6)17(30)25-15-18(31)28-13(7-8-37-19(15)28)20(32)35-10-36-21(33)23(3,4)5;/h7,9,11,15,19H,8,10H2,1-6H3,(H,25,30)(H,24,26,29);1H/b27-14+;/t15-,19-;/m1./s1. The van der Waals surface area contributed by atoms with Crippen LogP contribution in [0.15, 0.2) is 22.3 Å². The number of thiazole rings is 1. The fourth-order valence-electron chi connectivity index (χ4n) is 3.15. The van der Waals surface area contributed by atoms with Gasteiger partial charge in [-0.1, -0.05) is 19.0 Å². The fraction of sp³-hybridized carbons (Fsp3) is 0.522. The van der Waals surface area contributed by atoms with Gasteiger partial charge in [0.2, 0.25) is 12.7 Å². The number of oxime groups is 1. The Morgan fingerprint density at radius 3 is 2.54 bits per heavy atom. The Kier molecular flexibility index (Phi) is 10.9. The van der Waals surface area contributed by atoms with Crippen molar-refractivity contribution in [2.45, 2.75) is 46.0 Å². The monoisotopic (exact) mass is 603 g/mol. The summed E-state index contributed by atoms with van der Waals surface area (Å²) in [6.45, 7) is 7.87. The highest BCUT2D eigenvalue weighted by atomic mass is 35.5. The van der Waals surface area contributed by atoms with Gasteiger partial charge >= 0.3 is 11.9 Å². The number of carbonyl (C=O) groups is 5. The molecule has 214 valence electrons. The third-order valence-corrected chi connectivity index (χ3v) is 7.17. The quantitative estimate of drug-likeness (QED) is 0.140. The molecule has 0 saturated carbocycles. The van der Waals surface area contributed by atoms with Crippen LogP contribution in [0.1, 0.15) is 40.3 Å². The van der Waals surface area contributed by atoms with E-state index in [0.29, 0.717) is 5.75 Å². The van der Waals surface area contributed by atoms with Crippen LogP contribution in [0.2, 0.25) is 0 Å². The van der Waals surface area contributed by atoms with E-state index in [1.807, 2.05) is 0 Å². The molecule has 2 atom stereocenters. The molecule has 1 aromatic rings. The van der Waals surface area contributed by atoms with Gasteiger partial charge in [0.1, 0.15) is 29.9 Å².